The molecule has 1 aromatic heterocycles. The Labute approximate surface area is 243 Å². The number of hydrogen-bond acceptors (Lipinski definition) is 8. The summed E-state index contributed by atoms with van der Waals surface area (Å²) in [5.74, 6) is -4.16. The molecule has 1 aliphatic carbocycles. The standard InChI is InChI=1S/C30H38F2N4O6/c1-16-21(15-37)36-14-23(16)41-26-24(33-19-10-9-18(40-5)13-20(19)34-26)30(31,32)11-7-6-8-17-12-22(17)42-28(39)35-25(27(36)38)29(2,3)4/h9-10,13,15-17,21-23,25H,6-8,11-12,14H2,1-5H3,(H,35,39)/t16-,17+,21+,22+,23-,25+/m0/s1. The molecular formula is C30H38F2N4O6. The van der Waals surface area contributed by atoms with Crippen LogP contribution in [-0.4, -0.2) is 71.1 Å². The topological polar surface area (TPSA) is 120 Å². The van der Waals surface area contributed by atoms with Gasteiger partial charge in [0.2, 0.25) is 11.8 Å². The zero-order valence-corrected chi connectivity index (χ0v) is 24.6. The molecule has 2 bridgehead atoms. The Balaban J connectivity index is 1.55. The fourth-order valence-corrected chi connectivity index (χ4v) is 5.82. The highest BCUT2D eigenvalue weighted by molar-refractivity contribution is 5.89. The molecule has 1 saturated carbocycles. The quantitative estimate of drug-likeness (QED) is 0.505. The van der Waals surface area contributed by atoms with Crippen molar-refractivity contribution in [2.24, 2.45) is 17.3 Å². The van der Waals surface area contributed by atoms with E-state index in [1.165, 1.54) is 12.0 Å². The van der Waals surface area contributed by atoms with E-state index in [2.05, 4.69) is 15.3 Å². The SMILES string of the molecule is COc1ccc2nc3c(nc2c1)O[C@H]1CN(C(=O)[C@H](C(C)(C)C)NC(=O)O[C@@H]2C[C@H]2CCCCC3(F)F)[C@H](C=O)[C@@H]1C. The van der Waals surface area contributed by atoms with Gasteiger partial charge in [0.15, 0.2) is 5.69 Å². The molecule has 2 aliphatic heterocycles. The molecule has 3 heterocycles. The molecule has 2 aromatic rings. The summed E-state index contributed by atoms with van der Waals surface area (Å²) in [6.45, 7) is 7.06. The van der Waals surface area contributed by atoms with Crippen molar-refractivity contribution in [3.63, 3.8) is 0 Å². The summed E-state index contributed by atoms with van der Waals surface area (Å²) >= 11 is 0. The number of amides is 2. The van der Waals surface area contributed by atoms with Crippen LogP contribution in [0.4, 0.5) is 13.6 Å². The summed E-state index contributed by atoms with van der Waals surface area (Å²) in [5, 5.41) is 2.73. The van der Waals surface area contributed by atoms with E-state index < -0.39 is 59.6 Å². The Morgan fingerprint density at radius 1 is 1.12 bits per heavy atom. The van der Waals surface area contributed by atoms with Gasteiger partial charge >= 0.3 is 6.09 Å². The van der Waals surface area contributed by atoms with Crippen LogP contribution in [0.25, 0.3) is 11.0 Å². The van der Waals surface area contributed by atoms with Crippen molar-refractivity contribution >= 4 is 29.3 Å². The predicted molar refractivity (Wildman–Crippen MR) is 148 cm³/mol. The number of hydrogen-bond donors (Lipinski definition) is 1. The van der Waals surface area contributed by atoms with Crippen LogP contribution < -0.4 is 14.8 Å². The average molecular weight is 589 g/mol. The number of halogens is 2. The second-order valence-corrected chi connectivity index (χ2v) is 12.7. The number of methoxy groups -OCH3 is 1. The lowest BCUT2D eigenvalue weighted by molar-refractivity contribution is -0.139. The van der Waals surface area contributed by atoms with E-state index >= 15 is 8.78 Å². The van der Waals surface area contributed by atoms with Gasteiger partial charge in [-0.2, -0.15) is 8.78 Å². The lowest BCUT2D eigenvalue weighted by Crippen LogP contribution is -2.56. The van der Waals surface area contributed by atoms with E-state index in [1.54, 1.807) is 45.9 Å². The van der Waals surface area contributed by atoms with E-state index in [9.17, 15) is 14.4 Å². The van der Waals surface area contributed by atoms with Crippen LogP contribution in [0, 0.1) is 17.3 Å². The molecule has 0 unspecified atom stereocenters. The minimum absolute atomic E-state index is 0.0692. The normalized spacial score (nSPS) is 30.1. The first-order chi connectivity index (χ1) is 19.8. The molecule has 1 saturated heterocycles. The Hall–Kier alpha value is -3.57. The van der Waals surface area contributed by atoms with Crippen LogP contribution in [0.15, 0.2) is 18.2 Å². The van der Waals surface area contributed by atoms with Crippen LogP contribution in [-0.2, 0) is 20.2 Å². The highest BCUT2D eigenvalue weighted by Crippen LogP contribution is 2.42. The molecule has 5 rings (SSSR count). The number of fused-ring (bicyclic) bond motifs is 5. The van der Waals surface area contributed by atoms with Crippen molar-refractivity contribution in [3.8, 4) is 11.6 Å². The summed E-state index contributed by atoms with van der Waals surface area (Å²) in [6, 6.07) is 2.87. The summed E-state index contributed by atoms with van der Waals surface area (Å²) in [7, 11) is 1.49. The number of ether oxygens (including phenoxy) is 3. The highest BCUT2D eigenvalue weighted by atomic mass is 19.3. The third kappa shape index (κ3) is 5.98. The smallest absolute Gasteiger partial charge is 0.408 e. The molecule has 3 aliphatic rings. The van der Waals surface area contributed by atoms with Crippen LogP contribution in [0.5, 0.6) is 11.6 Å². The first-order valence-corrected chi connectivity index (χ1v) is 14.5. The van der Waals surface area contributed by atoms with E-state index in [1.807, 2.05) is 0 Å². The number of alkyl halides is 2. The minimum Gasteiger partial charge on any atom is -0.497 e. The van der Waals surface area contributed by atoms with Crippen molar-refractivity contribution in [2.45, 2.75) is 90.0 Å². The molecule has 0 spiro atoms. The van der Waals surface area contributed by atoms with Crippen molar-refractivity contribution in [2.75, 3.05) is 13.7 Å². The molecular weight excluding hydrogens is 550 g/mol. The number of carbonyl (C=O) groups excluding carboxylic acids is 3. The number of aromatic nitrogens is 2. The summed E-state index contributed by atoms with van der Waals surface area (Å²) in [4.78, 5) is 49.0. The van der Waals surface area contributed by atoms with Gasteiger partial charge in [0.05, 0.1) is 30.7 Å². The maximum atomic E-state index is 15.8. The van der Waals surface area contributed by atoms with Crippen molar-refractivity contribution in [1.29, 1.82) is 0 Å². The van der Waals surface area contributed by atoms with Gasteiger partial charge in [0.1, 0.15) is 30.3 Å². The maximum absolute atomic E-state index is 15.8. The molecule has 1 aromatic carbocycles. The van der Waals surface area contributed by atoms with Gasteiger partial charge in [-0.1, -0.05) is 34.1 Å². The Morgan fingerprint density at radius 2 is 1.88 bits per heavy atom. The molecule has 42 heavy (non-hydrogen) atoms. The maximum Gasteiger partial charge on any atom is 0.408 e. The van der Waals surface area contributed by atoms with Crippen LogP contribution in [0.3, 0.4) is 0 Å². The van der Waals surface area contributed by atoms with Gasteiger partial charge < -0.3 is 29.2 Å². The lowest BCUT2D eigenvalue weighted by Gasteiger charge is -2.34. The molecule has 2 fully saturated rings. The van der Waals surface area contributed by atoms with Gasteiger partial charge in [-0.3, -0.25) is 4.79 Å². The molecule has 10 nitrogen and oxygen atoms in total. The lowest BCUT2D eigenvalue weighted by atomic mass is 9.85. The molecule has 1 N–H and O–H groups in total. The number of nitrogens with one attached hydrogen (secondary N) is 1. The Kier molecular flexibility index (Phi) is 8.02. The zero-order chi connectivity index (χ0) is 30.4. The molecule has 12 heteroatoms. The molecule has 2 amide bonds. The van der Waals surface area contributed by atoms with E-state index in [0.717, 1.165) is 0 Å². The fourth-order valence-electron chi connectivity index (χ4n) is 5.82. The first-order valence-electron chi connectivity index (χ1n) is 14.5. The summed E-state index contributed by atoms with van der Waals surface area (Å²) in [6.07, 6.45) is 0.349. The fraction of sp³-hybridized carbons (Fsp3) is 0.633. The van der Waals surface area contributed by atoms with E-state index in [4.69, 9.17) is 14.2 Å². The van der Waals surface area contributed by atoms with Crippen LogP contribution in [0.2, 0.25) is 0 Å². The second-order valence-electron chi connectivity index (χ2n) is 12.7. The number of benzene rings is 1. The monoisotopic (exact) mass is 588 g/mol. The average Bonchev–Trinajstić information content (AvgIpc) is 3.59. The molecule has 6 atom stereocenters. The Bertz CT molecular complexity index is 1370. The Morgan fingerprint density at radius 3 is 2.57 bits per heavy atom. The molecule has 0 radical (unpaired) electrons. The second kappa shape index (κ2) is 11.3. The third-order valence-corrected chi connectivity index (χ3v) is 8.54. The van der Waals surface area contributed by atoms with Gasteiger partial charge in [-0.25, -0.2) is 14.8 Å². The summed E-state index contributed by atoms with van der Waals surface area (Å²) < 4.78 is 48.5. The van der Waals surface area contributed by atoms with Gasteiger partial charge in [-0.05, 0) is 42.7 Å². The van der Waals surface area contributed by atoms with Crippen molar-refractivity contribution in [3.05, 3.63) is 23.9 Å². The van der Waals surface area contributed by atoms with Crippen molar-refractivity contribution < 1.29 is 37.4 Å². The predicted octanol–water partition coefficient (Wildman–Crippen LogP) is 4.63. The van der Waals surface area contributed by atoms with Gasteiger partial charge in [-0.15, -0.1) is 0 Å². The number of alkyl carbamates (subject to hydrolysis) is 1. The molecule has 228 valence electrons. The highest BCUT2D eigenvalue weighted by Gasteiger charge is 2.49. The number of carbonyl (C=O) groups is 3. The first kappa shape index (κ1) is 29.9. The number of aldehydes is 1. The summed E-state index contributed by atoms with van der Waals surface area (Å²) in [5.41, 5.74) is -0.711. The minimum atomic E-state index is -3.35. The van der Waals surface area contributed by atoms with Crippen LogP contribution in [0.1, 0.15) is 65.5 Å². The van der Waals surface area contributed by atoms with Gasteiger partial charge in [0.25, 0.3) is 5.92 Å². The number of nitrogens with zero attached hydrogens (tertiary/aromatic N) is 3. The third-order valence-electron chi connectivity index (χ3n) is 8.54. The zero-order valence-electron chi connectivity index (χ0n) is 24.6. The van der Waals surface area contributed by atoms with E-state index in [0.29, 0.717) is 36.8 Å². The number of rotatable bonds is 2. The van der Waals surface area contributed by atoms with E-state index in [-0.39, 0.29) is 36.4 Å². The van der Waals surface area contributed by atoms with Crippen LogP contribution >= 0.6 is 0 Å². The van der Waals surface area contributed by atoms with Gasteiger partial charge in [0, 0.05) is 18.4 Å². The van der Waals surface area contributed by atoms with Crippen molar-refractivity contribution in [1.82, 2.24) is 20.2 Å². The largest absolute Gasteiger partial charge is 0.497 e.